The van der Waals surface area contributed by atoms with E-state index in [4.69, 9.17) is 38.4 Å². The van der Waals surface area contributed by atoms with Crippen LogP contribution in [0.25, 0.3) is 11.0 Å². The van der Waals surface area contributed by atoms with Crippen molar-refractivity contribution in [2.45, 2.75) is 24.7 Å². The van der Waals surface area contributed by atoms with Crippen LogP contribution in [0.2, 0.25) is 0 Å². The first-order chi connectivity index (χ1) is 29.3. The molecular formula is C45H44Br3N5O7. The third kappa shape index (κ3) is 10.4. The Labute approximate surface area is 374 Å². The minimum Gasteiger partial charge on any atom is -0.496 e. The smallest absolute Gasteiger partial charge is 0.246 e. The number of hydrogen-bond donors (Lipinski definition) is 2. The third-order valence-corrected chi connectivity index (χ3v) is 11.6. The molecule has 0 aliphatic carbocycles. The number of imidazole rings is 1. The molecule has 5 aromatic carbocycles. The van der Waals surface area contributed by atoms with Crippen LogP contribution in [-0.4, -0.2) is 75.7 Å². The number of anilines is 1. The summed E-state index contributed by atoms with van der Waals surface area (Å²) in [5, 5.41) is 6.19. The number of aliphatic imine (C=N–C) groups is 1. The van der Waals surface area contributed by atoms with Crippen molar-refractivity contribution in [3.8, 4) is 17.2 Å². The summed E-state index contributed by atoms with van der Waals surface area (Å²) < 4.78 is 38.1. The fourth-order valence-corrected chi connectivity index (χ4v) is 8.68. The molecule has 1 aromatic heterocycles. The van der Waals surface area contributed by atoms with Crippen LogP contribution in [0.4, 0.5) is 5.69 Å². The Balaban J connectivity index is 0.000000139. The molecule has 3 aliphatic heterocycles. The molecule has 6 aromatic rings. The number of aromatic nitrogens is 2. The molecule has 1 amide bonds. The highest BCUT2D eigenvalue weighted by atomic mass is 79.9. The normalized spacial score (nSPS) is 18.3. The number of carbonyl (C=O) groups excluding carboxylic acids is 1. The Hall–Kier alpha value is -4.77. The van der Waals surface area contributed by atoms with Gasteiger partial charge in [-0.05, 0) is 70.5 Å². The number of hydrogen-bond acceptors (Lipinski definition) is 10. The molecule has 0 spiro atoms. The molecule has 0 bridgehead atoms. The van der Waals surface area contributed by atoms with Gasteiger partial charge < -0.3 is 43.6 Å². The molecular weight excluding hydrogens is 962 g/mol. The van der Waals surface area contributed by atoms with Gasteiger partial charge in [0.15, 0.2) is 0 Å². The number of benzene rings is 5. The maximum Gasteiger partial charge on any atom is 0.246 e. The van der Waals surface area contributed by atoms with Crippen LogP contribution in [0.5, 0.6) is 17.2 Å². The van der Waals surface area contributed by atoms with E-state index in [-0.39, 0.29) is 30.6 Å². The second-order valence-electron chi connectivity index (χ2n) is 13.8. The van der Waals surface area contributed by atoms with Crippen LogP contribution in [0.15, 0.2) is 128 Å². The Morgan fingerprint density at radius 1 is 0.683 bits per heavy atom. The number of para-hydroxylation sites is 3. The van der Waals surface area contributed by atoms with Crippen LogP contribution in [0.1, 0.15) is 40.6 Å². The standard InChI is InChI=1S/C17H16Br2N2O2.C17H15BrN2O2.C11H13NO3/c1-22-16-5-3-2-4-12(16)15-9-23-10-17(21-15)20-14-7-6-11(18)8-13(14)19;1-21-16-5-3-2-4-12(16)15-9-22-10-17-19-13-7-6-11(18)8-14(13)20(15)17;1-14-10-5-3-2-4-8(10)9-6-15-7-11(13)12-9/h2-8,15H,9-10H2,1H3,(H,20,21);2-8,15H,9-10H2,1H3;2-5,9H,6-7H2,1H3,(H,12,13)/t2*15-;9-/m111/s1. The van der Waals surface area contributed by atoms with Gasteiger partial charge in [0, 0.05) is 30.1 Å². The van der Waals surface area contributed by atoms with Crippen LogP contribution < -0.4 is 24.8 Å². The number of nitrogens with zero attached hydrogens (tertiary/aromatic N) is 3. The van der Waals surface area contributed by atoms with Crippen molar-refractivity contribution in [2.75, 3.05) is 59.7 Å². The molecule has 1 saturated heterocycles. The zero-order valence-corrected chi connectivity index (χ0v) is 38.0. The summed E-state index contributed by atoms with van der Waals surface area (Å²) in [6, 6.07) is 35.6. The summed E-state index contributed by atoms with van der Waals surface area (Å²) in [5.41, 5.74) is 6.16. The van der Waals surface area contributed by atoms with Crippen molar-refractivity contribution in [2.24, 2.45) is 4.99 Å². The molecule has 9 rings (SSSR count). The fraction of sp³-hybridized carbons (Fsp3) is 0.267. The van der Waals surface area contributed by atoms with Gasteiger partial charge in [-0.25, -0.2) is 4.98 Å². The zero-order chi connectivity index (χ0) is 42.0. The zero-order valence-electron chi connectivity index (χ0n) is 33.2. The monoisotopic (exact) mass is 1000 g/mol. The lowest BCUT2D eigenvalue weighted by atomic mass is 10.0. The summed E-state index contributed by atoms with van der Waals surface area (Å²) in [4.78, 5) is 20.7. The number of rotatable bonds is 7. The number of nitrogens with one attached hydrogen (secondary N) is 2. The fourth-order valence-electron chi connectivity index (χ4n) is 7.19. The molecule has 312 valence electrons. The van der Waals surface area contributed by atoms with E-state index in [1.165, 1.54) is 0 Å². The molecule has 12 nitrogen and oxygen atoms in total. The van der Waals surface area contributed by atoms with Crippen LogP contribution in [0.3, 0.4) is 0 Å². The molecule has 0 radical (unpaired) electrons. The average molecular weight is 1010 g/mol. The van der Waals surface area contributed by atoms with E-state index in [2.05, 4.69) is 75.1 Å². The molecule has 15 heteroatoms. The molecule has 3 atom stereocenters. The predicted molar refractivity (Wildman–Crippen MR) is 242 cm³/mol. The summed E-state index contributed by atoms with van der Waals surface area (Å²) in [7, 11) is 4.99. The van der Waals surface area contributed by atoms with Gasteiger partial charge in [-0.2, -0.15) is 0 Å². The number of halogens is 3. The highest BCUT2D eigenvalue weighted by Crippen LogP contribution is 2.36. The number of morpholine rings is 1. The number of amides is 1. The maximum absolute atomic E-state index is 11.2. The summed E-state index contributed by atoms with van der Waals surface area (Å²) in [5.74, 6) is 4.15. The molecule has 0 unspecified atom stereocenters. The summed E-state index contributed by atoms with van der Waals surface area (Å²) >= 11 is 10.6. The Kier molecular flexibility index (Phi) is 14.9. The second kappa shape index (κ2) is 20.7. The topological polar surface area (TPSA) is 127 Å². The molecule has 4 heterocycles. The lowest BCUT2D eigenvalue weighted by Crippen LogP contribution is -2.39. The highest BCUT2D eigenvalue weighted by molar-refractivity contribution is 9.11. The van der Waals surface area contributed by atoms with Gasteiger partial charge in [-0.15, -0.1) is 0 Å². The van der Waals surface area contributed by atoms with Crippen LogP contribution in [0, 0.1) is 0 Å². The van der Waals surface area contributed by atoms with Crippen molar-refractivity contribution in [1.29, 1.82) is 0 Å². The van der Waals surface area contributed by atoms with Crippen molar-refractivity contribution in [3.63, 3.8) is 0 Å². The molecule has 1 fully saturated rings. The van der Waals surface area contributed by atoms with Crippen molar-refractivity contribution < 1.29 is 33.2 Å². The Morgan fingerprint density at radius 2 is 1.28 bits per heavy atom. The molecule has 3 aliphatic rings. The number of ether oxygens (including phenoxy) is 6. The van der Waals surface area contributed by atoms with E-state index in [0.717, 1.165) is 75.7 Å². The van der Waals surface area contributed by atoms with E-state index in [1.807, 2.05) is 97.1 Å². The first-order valence-electron chi connectivity index (χ1n) is 19.1. The third-order valence-electron chi connectivity index (χ3n) is 9.94. The van der Waals surface area contributed by atoms with E-state index < -0.39 is 0 Å². The van der Waals surface area contributed by atoms with Gasteiger partial charge in [0.25, 0.3) is 0 Å². The predicted octanol–water partition coefficient (Wildman–Crippen LogP) is 9.61. The van der Waals surface area contributed by atoms with Gasteiger partial charge in [-0.1, -0.05) is 86.5 Å². The van der Waals surface area contributed by atoms with Gasteiger partial charge >= 0.3 is 0 Å². The van der Waals surface area contributed by atoms with E-state index in [9.17, 15) is 4.79 Å². The van der Waals surface area contributed by atoms with Gasteiger partial charge in [-0.3, -0.25) is 9.79 Å². The minimum atomic E-state index is -0.109. The molecule has 2 N–H and O–H groups in total. The summed E-state index contributed by atoms with van der Waals surface area (Å²) in [6.07, 6.45) is 0. The molecule has 60 heavy (non-hydrogen) atoms. The lowest BCUT2D eigenvalue weighted by Gasteiger charge is -2.27. The number of fused-ring (bicyclic) bond motifs is 3. The highest BCUT2D eigenvalue weighted by Gasteiger charge is 2.28. The van der Waals surface area contributed by atoms with E-state index >= 15 is 0 Å². The van der Waals surface area contributed by atoms with Crippen molar-refractivity contribution in [1.82, 2.24) is 14.9 Å². The largest absolute Gasteiger partial charge is 0.496 e. The number of amidine groups is 1. The van der Waals surface area contributed by atoms with Crippen molar-refractivity contribution in [3.05, 3.63) is 145 Å². The summed E-state index contributed by atoms with van der Waals surface area (Å²) in [6.45, 7) is 2.81. The maximum atomic E-state index is 11.2. The van der Waals surface area contributed by atoms with E-state index in [1.54, 1.807) is 21.3 Å². The average Bonchev–Trinajstić information content (AvgIpc) is 3.66. The minimum absolute atomic E-state index is 0.0687. The Morgan fingerprint density at radius 3 is 1.98 bits per heavy atom. The molecule has 0 saturated carbocycles. The lowest BCUT2D eigenvalue weighted by molar-refractivity contribution is -0.131. The first-order valence-corrected chi connectivity index (χ1v) is 21.5. The van der Waals surface area contributed by atoms with Crippen molar-refractivity contribution >= 4 is 76.3 Å². The van der Waals surface area contributed by atoms with E-state index in [0.29, 0.717) is 33.0 Å². The van der Waals surface area contributed by atoms with Crippen LogP contribution >= 0.6 is 47.8 Å². The van der Waals surface area contributed by atoms with Gasteiger partial charge in [0.2, 0.25) is 5.91 Å². The number of carbonyl (C=O) groups is 1. The number of methoxy groups -OCH3 is 3. The van der Waals surface area contributed by atoms with Gasteiger partial charge in [0.1, 0.15) is 54.8 Å². The SMILES string of the molecule is COc1ccccc1[C@H]1COCC(=O)N1.COc1ccccc1[C@H]1COCC(Nc2ccc(Br)cc2Br)=N1.COc1ccccc1[C@H]1COCc2nc3ccc(Br)cc3n21. The quantitative estimate of drug-likeness (QED) is 0.161. The first kappa shape index (κ1) is 43.3. The van der Waals surface area contributed by atoms with Crippen LogP contribution in [-0.2, 0) is 25.6 Å². The van der Waals surface area contributed by atoms with Gasteiger partial charge in [0.05, 0.1) is 70.0 Å². The Bertz CT molecular complexity index is 2460. The second-order valence-corrected chi connectivity index (χ2v) is 16.5.